The smallest absolute Gasteiger partial charge is 0.339 e. The molecule has 0 aliphatic heterocycles. The first-order valence-electron chi connectivity index (χ1n) is 8.55. The lowest BCUT2D eigenvalue weighted by Crippen LogP contribution is -2.48. The van der Waals surface area contributed by atoms with Crippen molar-refractivity contribution in [2.45, 2.75) is 46.1 Å². The van der Waals surface area contributed by atoms with E-state index < -0.39 is 23.5 Å². The number of benzene rings is 1. The Morgan fingerprint density at radius 1 is 1.33 bits per heavy atom. The van der Waals surface area contributed by atoms with Gasteiger partial charge in [-0.2, -0.15) is 0 Å². The van der Waals surface area contributed by atoms with E-state index in [2.05, 4.69) is 5.32 Å². The van der Waals surface area contributed by atoms with Crippen LogP contribution in [0.3, 0.4) is 0 Å². The molecule has 2 N–H and O–H groups in total. The van der Waals surface area contributed by atoms with Crippen LogP contribution in [0.2, 0.25) is 5.02 Å². The molecule has 0 radical (unpaired) electrons. The number of hydrogen-bond acceptors (Lipinski definition) is 6. The van der Waals surface area contributed by atoms with Crippen molar-refractivity contribution in [2.24, 2.45) is 5.92 Å². The molecule has 1 atom stereocenters. The average Bonchev–Trinajstić information content (AvgIpc) is 2.55. The van der Waals surface area contributed by atoms with Crippen molar-refractivity contribution >= 4 is 34.4 Å². The number of carbonyl (C=O) groups excluding carboxylic acids is 2. The molecule has 0 fully saturated rings. The summed E-state index contributed by atoms with van der Waals surface area (Å²) in [5.74, 6) is -1.96. The maximum atomic E-state index is 12.2. The van der Waals surface area contributed by atoms with Crippen LogP contribution in [-0.2, 0) is 16.0 Å². The molecule has 8 heteroatoms. The lowest BCUT2D eigenvalue weighted by Gasteiger charge is -2.21. The molecule has 1 aromatic carbocycles. The lowest BCUT2D eigenvalue weighted by atomic mass is 10.0. The van der Waals surface area contributed by atoms with Gasteiger partial charge in [0.25, 0.3) is 0 Å². The van der Waals surface area contributed by atoms with E-state index in [1.54, 1.807) is 6.92 Å². The monoisotopic (exact) mass is 394 g/mol. The van der Waals surface area contributed by atoms with Gasteiger partial charge in [-0.25, -0.2) is 4.79 Å². The molecule has 27 heavy (non-hydrogen) atoms. The number of phenols is 1. The van der Waals surface area contributed by atoms with Crippen LogP contribution in [0.1, 0.15) is 37.8 Å². The van der Waals surface area contributed by atoms with Gasteiger partial charge >= 0.3 is 5.63 Å². The number of phenolic OH excluding ortho intramolecular Hbond substituents is 1. The quantitative estimate of drug-likeness (QED) is 0.689. The van der Waals surface area contributed by atoms with Gasteiger partial charge in [-0.3, -0.25) is 4.79 Å². The van der Waals surface area contributed by atoms with Gasteiger partial charge in [0.05, 0.1) is 17.0 Å². The van der Waals surface area contributed by atoms with Crippen LogP contribution in [-0.4, -0.2) is 23.0 Å². The predicted octanol–water partition coefficient (Wildman–Crippen LogP) is 1.67. The van der Waals surface area contributed by atoms with Crippen LogP contribution in [0.5, 0.6) is 5.75 Å². The van der Waals surface area contributed by atoms with Crippen molar-refractivity contribution < 1.29 is 24.2 Å². The van der Waals surface area contributed by atoms with Gasteiger partial charge in [0.2, 0.25) is 5.91 Å². The SMILES string of the molecule is Cc1c(CCC(=O)N[C@H](CC(C)C)C(=O)[O-])c(=O)oc2cc(O)c(Cl)cc12. The van der Waals surface area contributed by atoms with Crippen molar-refractivity contribution in [3.63, 3.8) is 0 Å². The topological polar surface area (TPSA) is 120 Å². The van der Waals surface area contributed by atoms with Crippen LogP contribution in [0.4, 0.5) is 0 Å². The molecule has 1 heterocycles. The van der Waals surface area contributed by atoms with Crippen LogP contribution < -0.4 is 16.0 Å². The van der Waals surface area contributed by atoms with Crippen LogP contribution in [0.25, 0.3) is 11.0 Å². The summed E-state index contributed by atoms with van der Waals surface area (Å²) in [5.41, 5.74) is 0.470. The number of aromatic hydroxyl groups is 1. The summed E-state index contributed by atoms with van der Waals surface area (Å²) < 4.78 is 5.20. The Balaban J connectivity index is 2.19. The van der Waals surface area contributed by atoms with Crippen molar-refractivity contribution in [1.82, 2.24) is 5.32 Å². The number of amides is 1. The summed E-state index contributed by atoms with van der Waals surface area (Å²) in [7, 11) is 0. The fourth-order valence-corrected chi connectivity index (χ4v) is 3.04. The van der Waals surface area contributed by atoms with Crippen LogP contribution >= 0.6 is 11.6 Å². The maximum absolute atomic E-state index is 12.2. The van der Waals surface area contributed by atoms with Gasteiger partial charge in [-0.05, 0) is 37.3 Å². The van der Waals surface area contributed by atoms with Crippen molar-refractivity contribution in [1.29, 1.82) is 0 Å². The molecule has 2 aromatic rings. The number of aliphatic carboxylic acids is 1. The Kier molecular flexibility index (Phi) is 6.49. The number of fused-ring (bicyclic) bond motifs is 1. The first kappa shape index (κ1) is 20.8. The third-order valence-corrected chi connectivity index (χ3v) is 4.59. The van der Waals surface area contributed by atoms with Gasteiger partial charge in [0.1, 0.15) is 11.3 Å². The summed E-state index contributed by atoms with van der Waals surface area (Å²) in [6, 6.07) is 1.68. The predicted molar refractivity (Wildman–Crippen MR) is 98.6 cm³/mol. The highest BCUT2D eigenvalue weighted by atomic mass is 35.5. The number of carbonyl (C=O) groups is 2. The Bertz CT molecular complexity index is 934. The number of hydrogen-bond donors (Lipinski definition) is 2. The Labute approximate surface area is 160 Å². The highest BCUT2D eigenvalue weighted by Gasteiger charge is 2.18. The zero-order valence-corrected chi connectivity index (χ0v) is 16.1. The van der Waals surface area contributed by atoms with Gasteiger partial charge < -0.3 is 24.7 Å². The summed E-state index contributed by atoms with van der Waals surface area (Å²) >= 11 is 5.91. The van der Waals surface area contributed by atoms with Gasteiger partial charge in [-0.1, -0.05) is 25.4 Å². The molecule has 0 spiro atoms. The van der Waals surface area contributed by atoms with Crippen LogP contribution in [0, 0.1) is 12.8 Å². The highest BCUT2D eigenvalue weighted by molar-refractivity contribution is 6.32. The third kappa shape index (κ3) is 5.01. The molecule has 1 aromatic heterocycles. The zero-order chi connectivity index (χ0) is 20.3. The van der Waals surface area contributed by atoms with Crippen molar-refractivity contribution in [2.75, 3.05) is 0 Å². The van der Waals surface area contributed by atoms with E-state index in [1.165, 1.54) is 12.1 Å². The first-order chi connectivity index (χ1) is 12.6. The Morgan fingerprint density at radius 2 is 2.00 bits per heavy atom. The zero-order valence-electron chi connectivity index (χ0n) is 15.3. The minimum atomic E-state index is -1.34. The molecular weight excluding hydrogens is 374 g/mol. The molecule has 0 saturated heterocycles. The Morgan fingerprint density at radius 3 is 2.59 bits per heavy atom. The number of nitrogens with one attached hydrogen (secondary N) is 1. The number of halogens is 1. The molecule has 0 bridgehead atoms. The second-order valence-electron chi connectivity index (χ2n) is 6.86. The standard InChI is InChI=1S/C19H22ClNO6/c1-9(2)6-14(18(24)25)21-17(23)5-4-11-10(3)12-7-13(20)15(22)8-16(12)27-19(11)26/h7-9,14,22H,4-6H2,1-3H3,(H,21,23)(H,24,25)/p-1/t14-/m1/s1. The second kappa shape index (κ2) is 8.43. The van der Waals surface area contributed by atoms with Crippen molar-refractivity contribution in [3.05, 3.63) is 38.7 Å². The first-order valence-corrected chi connectivity index (χ1v) is 8.93. The molecule has 0 saturated carbocycles. The van der Waals surface area contributed by atoms with E-state index >= 15 is 0 Å². The summed E-state index contributed by atoms with van der Waals surface area (Å²) in [5, 5.41) is 23.9. The minimum absolute atomic E-state index is 0.0733. The number of carboxylic acids is 1. The van der Waals surface area contributed by atoms with Gasteiger partial charge in [-0.15, -0.1) is 0 Å². The number of rotatable bonds is 7. The van der Waals surface area contributed by atoms with Gasteiger partial charge in [0.15, 0.2) is 0 Å². The largest absolute Gasteiger partial charge is 0.548 e. The summed E-state index contributed by atoms with van der Waals surface area (Å²) in [6.07, 6.45) is 0.258. The number of aryl methyl sites for hydroxylation is 1. The second-order valence-corrected chi connectivity index (χ2v) is 7.27. The van der Waals surface area contributed by atoms with Crippen molar-refractivity contribution in [3.8, 4) is 5.75 Å². The fourth-order valence-electron chi connectivity index (χ4n) is 2.88. The van der Waals surface area contributed by atoms with E-state index in [0.717, 1.165) is 0 Å². The molecule has 146 valence electrons. The summed E-state index contributed by atoms with van der Waals surface area (Å²) in [4.78, 5) is 35.5. The molecule has 0 aliphatic rings. The van der Waals surface area contributed by atoms with E-state index in [4.69, 9.17) is 16.0 Å². The average molecular weight is 395 g/mol. The van der Waals surface area contributed by atoms with E-state index in [1.807, 2.05) is 13.8 Å². The third-order valence-electron chi connectivity index (χ3n) is 4.28. The molecular formula is C19H21ClNO6-. The molecule has 0 unspecified atom stereocenters. The molecule has 1 amide bonds. The highest BCUT2D eigenvalue weighted by Crippen LogP contribution is 2.30. The van der Waals surface area contributed by atoms with E-state index in [9.17, 15) is 24.6 Å². The fraction of sp³-hybridized carbons (Fsp3) is 0.421. The summed E-state index contributed by atoms with van der Waals surface area (Å²) in [6.45, 7) is 5.38. The maximum Gasteiger partial charge on any atom is 0.339 e. The lowest BCUT2D eigenvalue weighted by molar-refractivity contribution is -0.308. The molecule has 7 nitrogen and oxygen atoms in total. The Hall–Kier alpha value is -2.54. The van der Waals surface area contributed by atoms with E-state index in [-0.39, 0.29) is 41.5 Å². The number of carboxylic acid groups (broad SMARTS) is 1. The molecule has 0 aliphatic carbocycles. The minimum Gasteiger partial charge on any atom is -0.548 e. The van der Waals surface area contributed by atoms with Crippen LogP contribution in [0.15, 0.2) is 21.3 Å². The normalized spacial score (nSPS) is 12.3. The van der Waals surface area contributed by atoms with Gasteiger partial charge in [0, 0.05) is 23.4 Å². The van der Waals surface area contributed by atoms with E-state index in [0.29, 0.717) is 16.5 Å². The molecule has 2 rings (SSSR count).